The Bertz CT molecular complexity index is 783. The fourth-order valence-corrected chi connectivity index (χ4v) is 2.73. The van der Waals surface area contributed by atoms with E-state index in [-0.39, 0.29) is 18.0 Å². The number of para-hydroxylation sites is 1. The van der Waals surface area contributed by atoms with Crippen LogP contribution in [0.3, 0.4) is 0 Å². The van der Waals surface area contributed by atoms with E-state index in [4.69, 9.17) is 14.2 Å². The lowest BCUT2D eigenvalue weighted by Crippen LogP contribution is -2.24. The van der Waals surface area contributed by atoms with Crippen LogP contribution in [0.1, 0.15) is 12.0 Å². The third-order valence-corrected chi connectivity index (χ3v) is 4.09. The fourth-order valence-electron chi connectivity index (χ4n) is 2.73. The zero-order valence-electron chi connectivity index (χ0n) is 16.0. The van der Waals surface area contributed by atoms with Crippen LogP contribution >= 0.6 is 0 Å². The predicted octanol–water partition coefficient (Wildman–Crippen LogP) is 3.31. The van der Waals surface area contributed by atoms with E-state index in [1.807, 2.05) is 24.1 Å². The molecule has 0 saturated carbocycles. The molecule has 0 unspecified atom stereocenters. The summed E-state index contributed by atoms with van der Waals surface area (Å²) < 4.78 is 29.7. The van der Waals surface area contributed by atoms with Crippen LogP contribution in [0.2, 0.25) is 0 Å². The molecule has 0 bridgehead atoms. The summed E-state index contributed by atoms with van der Waals surface area (Å²) in [5.74, 6) is 1.02. The van der Waals surface area contributed by atoms with Gasteiger partial charge in [0.25, 0.3) is 0 Å². The quantitative estimate of drug-likeness (QED) is 0.728. The maximum atomic E-state index is 13.6. The summed E-state index contributed by atoms with van der Waals surface area (Å²) >= 11 is 0. The average Bonchev–Trinajstić information content (AvgIpc) is 2.67. The van der Waals surface area contributed by atoms with Crippen molar-refractivity contribution in [1.29, 1.82) is 0 Å². The Balaban J connectivity index is 1.96. The lowest BCUT2D eigenvalue weighted by molar-refractivity contribution is -0.116. The van der Waals surface area contributed by atoms with Crippen molar-refractivity contribution in [2.75, 3.05) is 40.2 Å². The first-order valence-electron chi connectivity index (χ1n) is 8.51. The number of benzene rings is 2. The van der Waals surface area contributed by atoms with Crippen LogP contribution in [0.4, 0.5) is 10.1 Å². The highest BCUT2D eigenvalue weighted by atomic mass is 19.1. The molecule has 27 heavy (non-hydrogen) atoms. The van der Waals surface area contributed by atoms with Crippen molar-refractivity contribution in [3.63, 3.8) is 0 Å². The normalized spacial score (nSPS) is 10.6. The van der Waals surface area contributed by atoms with Gasteiger partial charge in [-0.05, 0) is 25.2 Å². The Hall–Kier alpha value is -2.80. The summed E-state index contributed by atoms with van der Waals surface area (Å²) in [5, 5.41) is 2.58. The molecule has 0 heterocycles. The highest BCUT2D eigenvalue weighted by molar-refractivity contribution is 5.90. The number of halogens is 1. The van der Waals surface area contributed by atoms with Gasteiger partial charge >= 0.3 is 0 Å². The molecular formula is C20H25FN2O4. The topological polar surface area (TPSA) is 60.0 Å². The molecule has 6 nitrogen and oxygen atoms in total. The van der Waals surface area contributed by atoms with Crippen molar-refractivity contribution in [2.24, 2.45) is 0 Å². The molecule has 0 saturated heterocycles. The Morgan fingerprint density at radius 2 is 1.74 bits per heavy atom. The molecule has 2 aromatic rings. The van der Waals surface area contributed by atoms with E-state index in [1.54, 1.807) is 33.5 Å². The van der Waals surface area contributed by atoms with Gasteiger partial charge in [0.05, 0.1) is 27.0 Å². The summed E-state index contributed by atoms with van der Waals surface area (Å²) in [4.78, 5) is 14.0. The van der Waals surface area contributed by atoms with E-state index in [9.17, 15) is 9.18 Å². The van der Waals surface area contributed by atoms with Crippen molar-refractivity contribution in [3.05, 3.63) is 47.8 Å². The number of carbonyl (C=O) groups is 1. The molecule has 146 valence electrons. The van der Waals surface area contributed by atoms with Gasteiger partial charge in [0.2, 0.25) is 11.7 Å². The Morgan fingerprint density at radius 3 is 2.37 bits per heavy atom. The van der Waals surface area contributed by atoms with Crippen molar-refractivity contribution in [3.8, 4) is 17.2 Å². The lowest BCUT2D eigenvalue weighted by atomic mass is 10.1. The van der Waals surface area contributed by atoms with E-state index in [0.717, 1.165) is 5.56 Å². The minimum absolute atomic E-state index is 0.187. The van der Waals surface area contributed by atoms with Gasteiger partial charge in [0.15, 0.2) is 11.5 Å². The lowest BCUT2D eigenvalue weighted by Gasteiger charge is -2.20. The smallest absolute Gasteiger partial charge is 0.225 e. The second kappa shape index (κ2) is 9.78. The minimum atomic E-state index is -0.450. The summed E-state index contributed by atoms with van der Waals surface area (Å²) in [6.45, 7) is 1.05. The molecule has 0 radical (unpaired) electrons. The number of methoxy groups -OCH3 is 3. The predicted molar refractivity (Wildman–Crippen MR) is 102 cm³/mol. The third-order valence-electron chi connectivity index (χ3n) is 4.09. The molecule has 0 spiro atoms. The third kappa shape index (κ3) is 5.34. The van der Waals surface area contributed by atoms with Gasteiger partial charge in [-0.1, -0.05) is 18.2 Å². The summed E-state index contributed by atoms with van der Waals surface area (Å²) in [5.41, 5.74) is 1.10. The van der Waals surface area contributed by atoms with Crippen LogP contribution in [0.5, 0.6) is 17.2 Å². The molecule has 0 fully saturated rings. The summed E-state index contributed by atoms with van der Waals surface area (Å²) in [6, 6.07) is 9.81. The van der Waals surface area contributed by atoms with Gasteiger partial charge in [0.1, 0.15) is 5.82 Å². The highest BCUT2D eigenvalue weighted by Gasteiger charge is 2.17. The number of rotatable bonds is 9. The first-order valence-corrected chi connectivity index (χ1v) is 8.51. The van der Waals surface area contributed by atoms with E-state index in [2.05, 4.69) is 5.32 Å². The molecule has 1 N–H and O–H groups in total. The number of hydrogen-bond donors (Lipinski definition) is 1. The van der Waals surface area contributed by atoms with E-state index < -0.39 is 5.82 Å². The molecule has 1 amide bonds. The molecule has 0 aliphatic carbocycles. The van der Waals surface area contributed by atoms with Gasteiger partial charge in [-0.2, -0.15) is 0 Å². The van der Waals surface area contributed by atoms with Crippen LogP contribution in [0.15, 0.2) is 36.4 Å². The van der Waals surface area contributed by atoms with E-state index in [1.165, 1.54) is 12.1 Å². The Morgan fingerprint density at radius 1 is 1.04 bits per heavy atom. The Labute approximate surface area is 158 Å². The number of anilines is 1. The van der Waals surface area contributed by atoms with Crippen molar-refractivity contribution in [2.45, 2.75) is 13.0 Å². The van der Waals surface area contributed by atoms with E-state index in [0.29, 0.717) is 30.3 Å². The van der Waals surface area contributed by atoms with Gasteiger partial charge in [0, 0.05) is 25.1 Å². The van der Waals surface area contributed by atoms with Gasteiger partial charge < -0.3 is 24.4 Å². The first-order chi connectivity index (χ1) is 13.0. The van der Waals surface area contributed by atoms with Gasteiger partial charge in [-0.3, -0.25) is 4.79 Å². The maximum Gasteiger partial charge on any atom is 0.225 e. The van der Waals surface area contributed by atoms with Crippen molar-refractivity contribution >= 4 is 11.6 Å². The number of nitrogens with zero attached hydrogens (tertiary/aromatic N) is 1. The molecule has 7 heteroatoms. The van der Waals surface area contributed by atoms with Crippen molar-refractivity contribution < 1.29 is 23.4 Å². The van der Waals surface area contributed by atoms with Crippen LogP contribution in [-0.2, 0) is 11.3 Å². The number of carbonyl (C=O) groups excluding carboxylic acids is 1. The molecule has 0 aliphatic rings. The Kier molecular flexibility index (Phi) is 7.43. The second-order valence-corrected chi connectivity index (χ2v) is 6.01. The van der Waals surface area contributed by atoms with Crippen molar-refractivity contribution in [1.82, 2.24) is 4.90 Å². The van der Waals surface area contributed by atoms with Gasteiger partial charge in [-0.15, -0.1) is 0 Å². The molecule has 0 aromatic heterocycles. The average molecular weight is 376 g/mol. The largest absolute Gasteiger partial charge is 0.493 e. The number of nitrogens with one attached hydrogen (secondary N) is 1. The fraction of sp³-hybridized carbons (Fsp3) is 0.350. The summed E-state index contributed by atoms with van der Waals surface area (Å²) in [6.07, 6.45) is 0.237. The molecule has 0 atom stereocenters. The number of ether oxygens (including phenoxy) is 3. The maximum absolute atomic E-state index is 13.6. The first kappa shape index (κ1) is 20.5. The summed E-state index contributed by atoms with van der Waals surface area (Å²) in [7, 11) is 6.59. The zero-order valence-corrected chi connectivity index (χ0v) is 16.0. The van der Waals surface area contributed by atoms with Crippen LogP contribution < -0.4 is 19.5 Å². The molecule has 2 aromatic carbocycles. The SMILES string of the molecule is COc1ccc(CN(C)CCC(=O)Nc2ccccc2F)c(OC)c1OC. The van der Waals surface area contributed by atoms with Crippen LogP contribution in [0, 0.1) is 5.82 Å². The van der Waals surface area contributed by atoms with Gasteiger partial charge in [-0.25, -0.2) is 4.39 Å². The number of amides is 1. The molecule has 0 aliphatic heterocycles. The van der Waals surface area contributed by atoms with Crippen LogP contribution in [0.25, 0.3) is 0 Å². The standard InChI is InChI=1S/C20H25FN2O4/c1-23(12-11-18(24)22-16-8-6-5-7-15(16)21)13-14-9-10-17(25-2)20(27-4)19(14)26-3/h5-10H,11-13H2,1-4H3,(H,22,24). The second-order valence-electron chi connectivity index (χ2n) is 6.01. The number of hydrogen-bond acceptors (Lipinski definition) is 5. The minimum Gasteiger partial charge on any atom is -0.493 e. The zero-order chi connectivity index (χ0) is 19.8. The highest BCUT2D eigenvalue weighted by Crippen LogP contribution is 2.40. The monoisotopic (exact) mass is 376 g/mol. The van der Waals surface area contributed by atoms with E-state index >= 15 is 0 Å². The van der Waals surface area contributed by atoms with Crippen LogP contribution in [-0.4, -0.2) is 45.7 Å². The molecule has 2 rings (SSSR count). The molecular weight excluding hydrogens is 351 g/mol.